The second kappa shape index (κ2) is 3.81. The lowest BCUT2D eigenvalue weighted by Crippen LogP contribution is -2.05. The van der Waals surface area contributed by atoms with E-state index in [0.717, 1.165) is 16.5 Å². The van der Waals surface area contributed by atoms with E-state index in [4.69, 9.17) is 4.74 Å². The number of benzene rings is 2. The molecule has 0 atom stereocenters. The lowest BCUT2D eigenvalue weighted by Gasteiger charge is -2.10. The minimum atomic E-state index is 0.147. The van der Waals surface area contributed by atoms with Gasteiger partial charge in [0.05, 0.1) is 6.10 Å². The van der Waals surface area contributed by atoms with Crippen molar-refractivity contribution in [1.29, 1.82) is 0 Å². The van der Waals surface area contributed by atoms with Crippen LogP contribution in [0.5, 0.6) is 11.5 Å². The van der Waals surface area contributed by atoms with Crippen LogP contribution in [0.15, 0.2) is 36.4 Å². The molecule has 15 heavy (non-hydrogen) atoms. The third kappa shape index (κ3) is 2.04. The fraction of sp³-hybridized carbons (Fsp3) is 0.231. The summed E-state index contributed by atoms with van der Waals surface area (Å²) in [6.45, 7) is 3.96. The summed E-state index contributed by atoms with van der Waals surface area (Å²) in [6, 6.07) is 11.2. The molecule has 0 bridgehead atoms. The van der Waals surface area contributed by atoms with Crippen molar-refractivity contribution in [1.82, 2.24) is 0 Å². The number of phenolic OH excluding ortho intramolecular Hbond substituents is 1. The van der Waals surface area contributed by atoms with Crippen LogP contribution in [0.4, 0.5) is 0 Å². The highest BCUT2D eigenvalue weighted by atomic mass is 16.5. The van der Waals surface area contributed by atoms with Crippen LogP contribution in [0.3, 0.4) is 0 Å². The number of hydrogen-bond acceptors (Lipinski definition) is 2. The molecule has 0 saturated heterocycles. The van der Waals surface area contributed by atoms with Crippen LogP contribution >= 0.6 is 0 Å². The number of fused-ring (bicyclic) bond motifs is 1. The summed E-state index contributed by atoms with van der Waals surface area (Å²) < 4.78 is 5.57. The lowest BCUT2D eigenvalue weighted by molar-refractivity contribution is 0.242. The molecule has 0 aromatic heterocycles. The molecule has 0 heterocycles. The molecule has 2 aromatic carbocycles. The van der Waals surface area contributed by atoms with E-state index in [1.54, 1.807) is 6.07 Å². The molecule has 0 aliphatic rings. The van der Waals surface area contributed by atoms with E-state index in [-0.39, 0.29) is 6.10 Å². The van der Waals surface area contributed by atoms with Crippen LogP contribution in [0.1, 0.15) is 13.8 Å². The molecule has 0 spiro atoms. The maximum atomic E-state index is 9.67. The smallest absolute Gasteiger partial charge is 0.123 e. The Balaban J connectivity index is 2.50. The van der Waals surface area contributed by atoms with Gasteiger partial charge < -0.3 is 9.84 Å². The molecule has 0 fully saturated rings. The van der Waals surface area contributed by atoms with Crippen LogP contribution < -0.4 is 4.74 Å². The molecule has 2 nitrogen and oxygen atoms in total. The minimum Gasteiger partial charge on any atom is -0.507 e. The van der Waals surface area contributed by atoms with Crippen molar-refractivity contribution >= 4 is 10.8 Å². The topological polar surface area (TPSA) is 29.5 Å². The number of rotatable bonds is 2. The van der Waals surface area contributed by atoms with E-state index >= 15 is 0 Å². The van der Waals surface area contributed by atoms with Crippen LogP contribution in [-0.2, 0) is 0 Å². The first-order valence-corrected chi connectivity index (χ1v) is 5.05. The summed E-state index contributed by atoms with van der Waals surface area (Å²) in [6.07, 6.45) is 0.147. The SMILES string of the molecule is CC(C)Oc1ccc2cccc(O)c2c1. The Morgan fingerprint density at radius 3 is 2.67 bits per heavy atom. The van der Waals surface area contributed by atoms with Gasteiger partial charge in [-0.3, -0.25) is 0 Å². The van der Waals surface area contributed by atoms with Gasteiger partial charge in [-0.1, -0.05) is 18.2 Å². The van der Waals surface area contributed by atoms with Crippen molar-refractivity contribution in [3.63, 3.8) is 0 Å². The molecule has 2 aromatic rings. The molecule has 0 saturated carbocycles. The Morgan fingerprint density at radius 1 is 1.13 bits per heavy atom. The van der Waals surface area contributed by atoms with Crippen molar-refractivity contribution < 1.29 is 9.84 Å². The van der Waals surface area contributed by atoms with Gasteiger partial charge in [0.1, 0.15) is 11.5 Å². The Bertz CT molecular complexity index is 475. The zero-order chi connectivity index (χ0) is 10.8. The summed E-state index contributed by atoms with van der Waals surface area (Å²) in [5.74, 6) is 1.08. The van der Waals surface area contributed by atoms with E-state index in [9.17, 15) is 5.11 Å². The number of ether oxygens (including phenoxy) is 1. The van der Waals surface area contributed by atoms with E-state index in [1.807, 2.05) is 44.2 Å². The highest BCUT2D eigenvalue weighted by Crippen LogP contribution is 2.28. The zero-order valence-electron chi connectivity index (χ0n) is 8.90. The molecule has 2 heteroatoms. The lowest BCUT2D eigenvalue weighted by atomic mass is 10.1. The third-order valence-electron chi connectivity index (χ3n) is 2.20. The van der Waals surface area contributed by atoms with Crippen LogP contribution in [0, 0.1) is 0 Å². The predicted molar refractivity (Wildman–Crippen MR) is 61.4 cm³/mol. The van der Waals surface area contributed by atoms with Crippen molar-refractivity contribution in [3.8, 4) is 11.5 Å². The van der Waals surface area contributed by atoms with Gasteiger partial charge in [0.25, 0.3) is 0 Å². The van der Waals surface area contributed by atoms with Crippen LogP contribution in [-0.4, -0.2) is 11.2 Å². The molecule has 0 amide bonds. The van der Waals surface area contributed by atoms with E-state index in [1.165, 1.54) is 0 Å². The Morgan fingerprint density at radius 2 is 1.93 bits per heavy atom. The number of hydrogen-bond donors (Lipinski definition) is 1. The van der Waals surface area contributed by atoms with Crippen molar-refractivity contribution in [2.75, 3.05) is 0 Å². The van der Waals surface area contributed by atoms with Crippen molar-refractivity contribution in [2.45, 2.75) is 20.0 Å². The fourth-order valence-electron chi connectivity index (χ4n) is 1.58. The quantitative estimate of drug-likeness (QED) is 0.809. The highest BCUT2D eigenvalue weighted by molar-refractivity contribution is 5.89. The molecular formula is C13H14O2. The molecule has 0 unspecified atom stereocenters. The molecule has 0 aliphatic carbocycles. The maximum Gasteiger partial charge on any atom is 0.123 e. The van der Waals surface area contributed by atoms with Crippen molar-refractivity contribution in [3.05, 3.63) is 36.4 Å². The highest BCUT2D eigenvalue weighted by Gasteiger charge is 2.02. The Hall–Kier alpha value is -1.70. The Kier molecular flexibility index (Phi) is 2.50. The van der Waals surface area contributed by atoms with E-state index < -0.39 is 0 Å². The summed E-state index contributed by atoms with van der Waals surface area (Å²) >= 11 is 0. The summed E-state index contributed by atoms with van der Waals surface area (Å²) in [7, 11) is 0. The average molecular weight is 202 g/mol. The fourth-order valence-corrected chi connectivity index (χ4v) is 1.58. The standard InChI is InChI=1S/C13H14O2/c1-9(2)15-11-7-6-10-4-3-5-13(14)12(10)8-11/h3-9,14H,1-2H3. The molecule has 0 radical (unpaired) electrons. The third-order valence-corrected chi connectivity index (χ3v) is 2.20. The largest absolute Gasteiger partial charge is 0.507 e. The minimum absolute atomic E-state index is 0.147. The van der Waals surface area contributed by atoms with E-state index in [0.29, 0.717) is 5.75 Å². The molecule has 1 N–H and O–H groups in total. The van der Waals surface area contributed by atoms with Gasteiger partial charge in [0.2, 0.25) is 0 Å². The van der Waals surface area contributed by atoms with Gasteiger partial charge in [-0.25, -0.2) is 0 Å². The maximum absolute atomic E-state index is 9.67. The molecule has 78 valence electrons. The monoisotopic (exact) mass is 202 g/mol. The average Bonchev–Trinajstić information content (AvgIpc) is 2.18. The van der Waals surface area contributed by atoms with Crippen molar-refractivity contribution in [2.24, 2.45) is 0 Å². The summed E-state index contributed by atoms with van der Waals surface area (Å²) in [5.41, 5.74) is 0. The van der Waals surface area contributed by atoms with Gasteiger partial charge >= 0.3 is 0 Å². The normalized spacial score (nSPS) is 10.9. The van der Waals surface area contributed by atoms with Gasteiger partial charge in [0, 0.05) is 5.39 Å². The summed E-state index contributed by atoms with van der Waals surface area (Å²) in [4.78, 5) is 0. The zero-order valence-corrected chi connectivity index (χ0v) is 8.90. The second-order valence-corrected chi connectivity index (χ2v) is 3.83. The van der Waals surface area contributed by atoms with Gasteiger partial charge in [0.15, 0.2) is 0 Å². The summed E-state index contributed by atoms with van der Waals surface area (Å²) in [5, 5.41) is 11.5. The first-order chi connectivity index (χ1) is 7.16. The Labute approximate surface area is 89.1 Å². The van der Waals surface area contributed by atoms with Crippen LogP contribution in [0.25, 0.3) is 10.8 Å². The number of aromatic hydroxyl groups is 1. The molecule has 2 rings (SSSR count). The molecular weight excluding hydrogens is 188 g/mol. The number of phenols is 1. The first kappa shape index (κ1) is 9.84. The molecule has 0 aliphatic heterocycles. The van der Waals surface area contributed by atoms with Gasteiger partial charge in [-0.15, -0.1) is 0 Å². The van der Waals surface area contributed by atoms with Crippen LogP contribution in [0.2, 0.25) is 0 Å². The van der Waals surface area contributed by atoms with Gasteiger partial charge in [-0.05, 0) is 37.4 Å². The van der Waals surface area contributed by atoms with Gasteiger partial charge in [-0.2, -0.15) is 0 Å². The van der Waals surface area contributed by atoms with E-state index in [2.05, 4.69) is 0 Å². The first-order valence-electron chi connectivity index (χ1n) is 5.05. The predicted octanol–water partition coefficient (Wildman–Crippen LogP) is 3.33. The second-order valence-electron chi connectivity index (χ2n) is 3.83.